The summed E-state index contributed by atoms with van der Waals surface area (Å²) in [7, 11) is 0. The van der Waals surface area contributed by atoms with Crippen molar-refractivity contribution in [3.63, 3.8) is 0 Å². The molecule has 1 saturated carbocycles. The second kappa shape index (κ2) is 11.4. The summed E-state index contributed by atoms with van der Waals surface area (Å²) in [5.41, 5.74) is 4.57. The number of aliphatic carboxylic acids is 1. The summed E-state index contributed by atoms with van der Waals surface area (Å²) in [6.07, 6.45) is 5.30. The molecule has 0 heterocycles. The van der Waals surface area contributed by atoms with Crippen molar-refractivity contribution in [1.29, 1.82) is 0 Å². The fraction of sp³-hybridized carbons (Fsp3) is 0.464. The van der Waals surface area contributed by atoms with Crippen molar-refractivity contribution in [2.24, 2.45) is 5.92 Å². The molecule has 35 heavy (non-hydrogen) atoms. The maximum atomic E-state index is 12.5. The number of ether oxygens (including phenoxy) is 1. The number of carbonyl (C=O) groups excluding carboxylic acids is 2. The van der Waals surface area contributed by atoms with Gasteiger partial charge >= 0.3 is 12.1 Å². The van der Waals surface area contributed by atoms with Crippen LogP contribution >= 0.6 is 0 Å². The SMILES string of the molecule is C[C@@H](CC(=O)N[C@H](CC1CCCCC1)C(=O)O)NC(=O)OCC1c2ccccc2-c2ccccc21. The quantitative estimate of drug-likeness (QED) is 0.478. The number of hydrogen-bond acceptors (Lipinski definition) is 4. The molecule has 1 fully saturated rings. The number of nitrogens with one attached hydrogen (secondary N) is 2. The van der Waals surface area contributed by atoms with E-state index >= 15 is 0 Å². The average molecular weight is 479 g/mol. The van der Waals surface area contributed by atoms with Crippen LogP contribution in [0.2, 0.25) is 0 Å². The van der Waals surface area contributed by atoms with Gasteiger partial charge in [-0.1, -0.05) is 80.6 Å². The van der Waals surface area contributed by atoms with Crippen LogP contribution in [-0.4, -0.2) is 41.8 Å². The normalized spacial score (nSPS) is 17.1. The van der Waals surface area contributed by atoms with E-state index in [1.807, 2.05) is 24.3 Å². The van der Waals surface area contributed by atoms with Crippen molar-refractivity contribution in [3.05, 3.63) is 59.7 Å². The highest BCUT2D eigenvalue weighted by Crippen LogP contribution is 2.44. The van der Waals surface area contributed by atoms with Gasteiger partial charge in [0.2, 0.25) is 5.91 Å². The lowest BCUT2D eigenvalue weighted by atomic mass is 9.85. The number of rotatable bonds is 9. The molecule has 2 aliphatic carbocycles. The Morgan fingerprint density at radius 2 is 1.54 bits per heavy atom. The van der Waals surface area contributed by atoms with Crippen LogP contribution in [0.15, 0.2) is 48.5 Å². The lowest BCUT2D eigenvalue weighted by molar-refractivity contribution is -0.142. The van der Waals surface area contributed by atoms with E-state index in [4.69, 9.17) is 4.74 Å². The van der Waals surface area contributed by atoms with E-state index in [0.29, 0.717) is 12.3 Å². The van der Waals surface area contributed by atoms with Crippen molar-refractivity contribution in [2.45, 2.75) is 69.9 Å². The van der Waals surface area contributed by atoms with Gasteiger partial charge in [0.05, 0.1) is 0 Å². The predicted molar refractivity (Wildman–Crippen MR) is 133 cm³/mol. The molecular formula is C28H34N2O5. The third-order valence-corrected chi connectivity index (χ3v) is 7.13. The zero-order chi connectivity index (χ0) is 24.8. The summed E-state index contributed by atoms with van der Waals surface area (Å²) in [6, 6.07) is 14.9. The monoisotopic (exact) mass is 478 g/mol. The molecule has 4 rings (SSSR count). The molecule has 0 radical (unpaired) electrons. The van der Waals surface area contributed by atoms with Crippen molar-refractivity contribution >= 4 is 18.0 Å². The molecular weight excluding hydrogens is 444 g/mol. The average Bonchev–Trinajstić information content (AvgIpc) is 3.16. The first-order valence-corrected chi connectivity index (χ1v) is 12.6. The predicted octanol–water partition coefficient (Wildman–Crippen LogP) is 4.84. The molecule has 0 saturated heterocycles. The molecule has 0 aromatic heterocycles. The summed E-state index contributed by atoms with van der Waals surface area (Å²) >= 11 is 0. The Morgan fingerprint density at radius 3 is 2.14 bits per heavy atom. The molecule has 2 aromatic carbocycles. The van der Waals surface area contributed by atoms with Crippen LogP contribution in [0.3, 0.4) is 0 Å². The van der Waals surface area contributed by atoms with Crippen molar-refractivity contribution < 1.29 is 24.2 Å². The van der Waals surface area contributed by atoms with Gasteiger partial charge in [0.25, 0.3) is 0 Å². The Kier molecular flexibility index (Phi) is 8.06. The maximum absolute atomic E-state index is 12.5. The Labute approximate surface area is 206 Å². The lowest BCUT2D eigenvalue weighted by Gasteiger charge is -2.25. The number of alkyl carbamates (subject to hydrolysis) is 1. The van der Waals surface area contributed by atoms with E-state index in [-0.39, 0.29) is 24.9 Å². The Morgan fingerprint density at radius 1 is 0.943 bits per heavy atom. The molecule has 7 heteroatoms. The minimum atomic E-state index is -1.01. The van der Waals surface area contributed by atoms with Crippen LogP contribution in [0, 0.1) is 5.92 Å². The first kappa shape index (κ1) is 24.8. The van der Waals surface area contributed by atoms with Gasteiger partial charge in [-0.3, -0.25) is 4.79 Å². The van der Waals surface area contributed by atoms with E-state index in [0.717, 1.165) is 47.9 Å². The first-order valence-electron chi connectivity index (χ1n) is 12.6. The van der Waals surface area contributed by atoms with E-state index in [1.165, 1.54) is 6.42 Å². The lowest BCUT2D eigenvalue weighted by Crippen LogP contribution is -2.45. The molecule has 2 amide bonds. The topological polar surface area (TPSA) is 105 Å². The fourth-order valence-electron chi connectivity index (χ4n) is 5.40. The maximum Gasteiger partial charge on any atom is 0.407 e. The van der Waals surface area contributed by atoms with Gasteiger partial charge in [-0.2, -0.15) is 0 Å². The van der Waals surface area contributed by atoms with Crippen LogP contribution < -0.4 is 10.6 Å². The number of carboxylic acids is 1. The number of carbonyl (C=O) groups is 3. The highest BCUT2D eigenvalue weighted by atomic mass is 16.5. The smallest absolute Gasteiger partial charge is 0.407 e. The van der Waals surface area contributed by atoms with E-state index in [2.05, 4.69) is 34.9 Å². The molecule has 2 aliphatic rings. The van der Waals surface area contributed by atoms with Gasteiger partial charge in [-0.05, 0) is 41.5 Å². The van der Waals surface area contributed by atoms with Crippen LogP contribution in [0.5, 0.6) is 0 Å². The van der Waals surface area contributed by atoms with Crippen molar-refractivity contribution in [2.75, 3.05) is 6.61 Å². The van der Waals surface area contributed by atoms with Crippen LogP contribution in [-0.2, 0) is 14.3 Å². The van der Waals surface area contributed by atoms with Crippen LogP contribution in [0.1, 0.15) is 68.9 Å². The van der Waals surface area contributed by atoms with E-state index in [9.17, 15) is 19.5 Å². The van der Waals surface area contributed by atoms with Gasteiger partial charge in [-0.25, -0.2) is 9.59 Å². The number of carboxylic acid groups (broad SMARTS) is 1. The Balaban J connectivity index is 1.25. The fourth-order valence-corrected chi connectivity index (χ4v) is 5.40. The summed E-state index contributed by atoms with van der Waals surface area (Å²) in [5.74, 6) is -1.11. The molecule has 0 bridgehead atoms. The minimum Gasteiger partial charge on any atom is -0.480 e. The molecule has 0 unspecified atom stereocenters. The third-order valence-electron chi connectivity index (χ3n) is 7.13. The zero-order valence-corrected chi connectivity index (χ0v) is 20.2. The molecule has 186 valence electrons. The van der Waals surface area contributed by atoms with Crippen molar-refractivity contribution in [3.8, 4) is 11.1 Å². The summed E-state index contributed by atoms with van der Waals surface area (Å²) in [6.45, 7) is 1.90. The molecule has 0 spiro atoms. The number of hydrogen-bond donors (Lipinski definition) is 3. The second-order valence-corrected chi connectivity index (χ2v) is 9.77. The zero-order valence-electron chi connectivity index (χ0n) is 20.2. The molecule has 3 N–H and O–H groups in total. The van der Waals surface area contributed by atoms with Gasteiger partial charge in [0, 0.05) is 18.4 Å². The van der Waals surface area contributed by atoms with Gasteiger partial charge in [0.15, 0.2) is 0 Å². The number of fused-ring (bicyclic) bond motifs is 3. The molecule has 7 nitrogen and oxygen atoms in total. The third kappa shape index (κ3) is 6.21. The number of amides is 2. The number of benzene rings is 2. The summed E-state index contributed by atoms with van der Waals surface area (Å²) in [4.78, 5) is 36.6. The standard InChI is InChI=1S/C28H34N2O5/c1-18(15-26(31)30-25(27(32)33)16-19-9-3-2-4-10-19)29-28(34)35-17-24-22-13-7-5-11-20(22)21-12-6-8-14-23(21)24/h5-8,11-14,18-19,24-25H,2-4,9-10,15-17H2,1H3,(H,29,34)(H,30,31)(H,32,33)/t18-,25+/m0/s1. The van der Waals surface area contributed by atoms with E-state index in [1.54, 1.807) is 6.92 Å². The van der Waals surface area contributed by atoms with E-state index < -0.39 is 24.1 Å². The molecule has 2 aromatic rings. The highest BCUT2D eigenvalue weighted by molar-refractivity contribution is 5.84. The summed E-state index contributed by atoms with van der Waals surface area (Å²) < 4.78 is 5.54. The molecule has 2 atom stereocenters. The van der Waals surface area contributed by atoms with Crippen LogP contribution in [0.4, 0.5) is 4.79 Å². The largest absolute Gasteiger partial charge is 0.480 e. The summed E-state index contributed by atoms with van der Waals surface area (Å²) in [5, 5.41) is 14.9. The minimum absolute atomic E-state index is 0.0152. The first-order chi connectivity index (χ1) is 16.9. The van der Waals surface area contributed by atoms with Gasteiger partial charge < -0.3 is 20.5 Å². The Bertz CT molecular complexity index is 1020. The van der Waals surface area contributed by atoms with Gasteiger partial charge in [0.1, 0.15) is 12.6 Å². The van der Waals surface area contributed by atoms with Gasteiger partial charge in [-0.15, -0.1) is 0 Å². The Hall–Kier alpha value is -3.35. The molecule has 0 aliphatic heterocycles. The second-order valence-electron chi connectivity index (χ2n) is 9.77. The van der Waals surface area contributed by atoms with Crippen molar-refractivity contribution in [1.82, 2.24) is 10.6 Å². The highest BCUT2D eigenvalue weighted by Gasteiger charge is 2.29. The van der Waals surface area contributed by atoms with Crippen LogP contribution in [0.25, 0.3) is 11.1 Å².